The molecule has 0 aromatic heterocycles. The highest BCUT2D eigenvalue weighted by molar-refractivity contribution is 7.90. The minimum Gasteiger partial charge on any atom is -0.274 e. The molecule has 0 radical (unpaired) electrons. The van der Waals surface area contributed by atoms with Gasteiger partial charge in [-0.15, -0.1) is 0 Å². The molecule has 0 aliphatic heterocycles. The summed E-state index contributed by atoms with van der Waals surface area (Å²) in [5.74, 6) is 1.17. The minimum absolute atomic E-state index is 0.0428. The maximum atomic E-state index is 12.3. The van der Waals surface area contributed by atoms with Gasteiger partial charge in [0.1, 0.15) is 0 Å². The topological polar surface area (TPSA) is 63.2 Å². The number of carbonyl (C=O) groups excluding carboxylic acids is 1. The van der Waals surface area contributed by atoms with Crippen LogP contribution in [0.2, 0.25) is 0 Å². The van der Waals surface area contributed by atoms with Gasteiger partial charge < -0.3 is 0 Å². The average Bonchev–Trinajstić information content (AvgIpc) is 2.30. The summed E-state index contributed by atoms with van der Waals surface area (Å²) < 4.78 is 59.8. The van der Waals surface area contributed by atoms with Crippen LogP contribution in [0.1, 0.15) is 38.5 Å². The molecule has 0 atom stereocenters. The summed E-state index contributed by atoms with van der Waals surface area (Å²) in [6.45, 7) is 0. The van der Waals surface area contributed by atoms with Crippen molar-refractivity contribution in [1.29, 1.82) is 0 Å². The lowest BCUT2D eigenvalue weighted by Gasteiger charge is -2.54. The van der Waals surface area contributed by atoms with E-state index in [9.17, 15) is 26.4 Å². The fraction of sp³-hybridized carbons (Fsp3) is 0.923. The number of hydrogen-bond acceptors (Lipinski definition) is 3. The van der Waals surface area contributed by atoms with E-state index >= 15 is 0 Å². The van der Waals surface area contributed by atoms with Crippen LogP contribution in [0.15, 0.2) is 0 Å². The van der Waals surface area contributed by atoms with Crippen molar-refractivity contribution in [3.63, 3.8) is 0 Å². The Balaban J connectivity index is 1.64. The Morgan fingerprint density at radius 1 is 1.00 bits per heavy atom. The zero-order valence-electron chi connectivity index (χ0n) is 11.4. The third-order valence-corrected chi connectivity index (χ3v) is 6.50. The summed E-state index contributed by atoms with van der Waals surface area (Å²) in [4.78, 5) is 11.7. The van der Waals surface area contributed by atoms with Gasteiger partial charge in [0.2, 0.25) is 5.91 Å². The number of nitrogens with one attached hydrogen (secondary N) is 1. The van der Waals surface area contributed by atoms with E-state index < -0.39 is 21.4 Å². The molecule has 0 saturated heterocycles. The SMILES string of the molecule is O=C(CC1C2CC3CC(C2)CC1C3)NS(=O)(=O)C(F)(F)F. The third kappa shape index (κ3) is 2.78. The van der Waals surface area contributed by atoms with Gasteiger partial charge in [-0.2, -0.15) is 21.6 Å². The van der Waals surface area contributed by atoms with Gasteiger partial charge in [-0.25, -0.2) is 4.72 Å². The predicted molar refractivity (Wildman–Crippen MR) is 68.3 cm³/mol. The number of carbonyl (C=O) groups is 1. The molecule has 0 aromatic rings. The maximum Gasteiger partial charge on any atom is 0.516 e. The highest BCUT2D eigenvalue weighted by Gasteiger charge is 2.50. The number of amides is 1. The molecule has 0 aromatic carbocycles. The first-order valence-electron chi connectivity index (χ1n) is 7.27. The van der Waals surface area contributed by atoms with E-state index in [4.69, 9.17) is 0 Å². The molecular weight excluding hydrogens is 307 g/mol. The van der Waals surface area contributed by atoms with Gasteiger partial charge in [-0.3, -0.25) is 4.79 Å². The fourth-order valence-corrected chi connectivity index (χ4v) is 5.33. The Morgan fingerprint density at radius 3 is 1.90 bits per heavy atom. The van der Waals surface area contributed by atoms with Crippen LogP contribution >= 0.6 is 0 Å². The Labute approximate surface area is 121 Å². The Bertz CT molecular complexity index is 515. The molecule has 0 unspecified atom stereocenters. The molecule has 4 aliphatic carbocycles. The summed E-state index contributed by atoms with van der Waals surface area (Å²) >= 11 is 0. The summed E-state index contributed by atoms with van der Waals surface area (Å²) in [5, 5.41) is 0. The first-order chi connectivity index (χ1) is 9.65. The fourth-order valence-electron chi connectivity index (χ4n) is 4.83. The molecule has 21 heavy (non-hydrogen) atoms. The van der Waals surface area contributed by atoms with Crippen molar-refractivity contribution < 1.29 is 26.4 Å². The molecule has 8 heteroatoms. The molecule has 4 nitrogen and oxygen atoms in total. The maximum absolute atomic E-state index is 12.3. The number of halogens is 3. The van der Waals surface area contributed by atoms with Gasteiger partial charge >= 0.3 is 15.5 Å². The van der Waals surface area contributed by atoms with Gasteiger partial charge in [0.05, 0.1) is 0 Å². The van der Waals surface area contributed by atoms with E-state index in [1.165, 1.54) is 6.42 Å². The molecule has 0 heterocycles. The van der Waals surface area contributed by atoms with E-state index in [-0.39, 0.29) is 12.3 Å². The third-order valence-electron chi connectivity index (χ3n) is 5.40. The van der Waals surface area contributed by atoms with Crippen LogP contribution in [-0.2, 0) is 14.8 Å². The Morgan fingerprint density at radius 2 is 1.48 bits per heavy atom. The van der Waals surface area contributed by atoms with Crippen molar-refractivity contribution in [2.75, 3.05) is 0 Å². The van der Waals surface area contributed by atoms with Gasteiger partial charge in [-0.1, -0.05) is 0 Å². The van der Waals surface area contributed by atoms with Crippen molar-refractivity contribution in [3.05, 3.63) is 0 Å². The van der Waals surface area contributed by atoms with E-state index in [0.29, 0.717) is 23.7 Å². The zero-order valence-corrected chi connectivity index (χ0v) is 12.2. The molecule has 1 N–H and O–H groups in total. The smallest absolute Gasteiger partial charge is 0.274 e. The van der Waals surface area contributed by atoms with E-state index in [0.717, 1.165) is 30.4 Å². The number of rotatable bonds is 3. The molecular formula is C13H18F3NO3S. The van der Waals surface area contributed by atoms with Crippen LogP contribution in [0.4, 0.5) is 13.2 Å². The molecule has 4 fully saturated rings. The molecule has 4 rings (SSSR count). The van der Waals surface area contributed by atoms with Crippen molar-refractivity contribution in [2.45, 2.75) is 44.0 Å². The quantitative estimate of drug-likeness (QED) is 0.867. The molecule has 4 saturated carbocycles. The van der Waals surface area contributed by atoms with E-state index in [1.807, 2.05) is 0 Å². The highest BCUT2D eigenvalue weighted by Crippen LogP contribution is 2.57. The molecule has 1 amide bonds. The molecule has 0 spiro atoms. The Kier molecular flexibility index (Phi) is 3.50. The van der Waals surface area contributed by atoms with Crippen LogP contribution in [-0.4, -0.2) is 19.8 Å². The van der Waals surface area contributed by atoms with Crippen molar-refractivity contribution in [1.82, 2.24) is 4.72 Å². The van der Waals surface area contributed by atoms with E-state index in [1.54, 1.807) is 0 Å². The predicted octanol–water partition coefficient (Wildman–Crippen LogP) is 2.41. The van der Waals surface area contributed by atoms with E-state index in [2.05, 4.69) is 0 Å². The monoisotopic (exact) mass is 325 g/mol. The van der Waals surface area contributed by atoms with Gasteiger partial charge in [-0.05, 0) is 61.7 Å². The second-order valence-corrected chi connectivity index (χ2v) is 8.45. The standard InChI is InChI=1S/C13H18F3NO3S/c14-13(15,16)21(19,20)17-12(18)6-11-9-2-7-1-8(4-9)5-10(11)3-7/h7-11H,1-6H2,(H,17,18). The first-order valence-corrected chi connectivity index (χ1v) is 8.76. The number of sulfonamides is 1. The molecule has 120 valence electrons. The second-order valence-electron chi connectivity index (χ2n) is 6.77. The first kappa shape index (κ1) is 15.1. The van der Waals surface area contributed by atoms with Crippen molar-refractivity contribution in [3.8, 4) is 0 Å². The summed E-state index contributed by atoms with van der Waals surface area (Å²) in [7, 11) is -5.57. The summed E-state index contributed by atoms with van der Waals surface area (Å²) in [6.07, 6.45) is 5.29. The van der Waals surface area contributed by atoms with Gasteiger partial charge in [0, 0.05) is 6.42 Å². The lowest BCUT2D eigenvalue weighted by atomic mass is 9.51. The minimum atomic E-state index is -5.57. The lowest BCUT2D eigenvalue weighted by Crippen LogP contribution is -2.47. The van der Waals surface area contributed by atoms with Crippen LogP contribution in [0.3, 0.4) is 0 Å². The average molecular weight is 325 g/mol. The number of alkyl halides is 3. The summed E-state index contributed by atoms with van der Waals surface area (Å²) in [5.41, 5.74) is -5.44. The van der Waals surface area contributed by atoms with Crippen LogP contribution in [0.25, 0.3) is 0 Å². The van der Waals surface area contributed by atoms with Crippen LogP contribution < -0.4 is 4.72 Å². The Hall–Kier alpha value is -0.790. The van der Waals surface area contributed by atoms with Gasteiger partial charge in [0.25, 0.3) is 0 Å². The largest absolute Gasteiger partial charge is 0.516 e. The highest BCUT2D eigenvalue weighted by atomic mass is 32.2. The van der Waals surface area contributed by atoms with Crippen molar-refractivity contribution >= 4 is 15.9 Å². The lowest BCUT2D eigenvalue weighted by molar-refractivity contribution is -0.125. The van der Waals surface area contributed by atoms with Gasteiger partial charge in [0.15, 0.2) is 0 Å². The zero-order chi connectivity index (χ0) is 15.4. The van der Waals surface area contributed by atoms with Crippen molar-refractivity contribution in [2.24, 2.45) is 29.6 Å². The second kappa shape index (κ2) is 4.86. The van der Waals surface area contributed by atoms with Crippen LogP contribution in [0, 0.1) is 29.6 Å². The van der Waals surface area contributed by atoms with Crippen LogP contribution in [0.5, 0.6) is 0 Å². The normalized spacial score (nSPS) is 38.5. The molecule has 4 aliphatic rings. The summed E-state index contributed by atoms with van der Waals surface area (Å²) in [6, 6.07) is 0. The number of hydrogen-bond donors (Lipinski definition) is 1. The molecule has 4 bridgehead atoms.